The van der Waals surface area contributed by atoms with Crippen LogP contribution >= 0.6 is 0 Å². The topological polar surface area (TPSA) is 72.2 Å². The van der Waals surface area contributed by atoms with E-state index in [2.05, 4.69) is 5.32 Å². The number of nitrogens with zero attached hydrogens (tertiary/aromatic N) is 1. The van der Waals surface area contributed by atoms with Gasteiger partial charge in [-0.05, 0) is 37.1 Å². The van der Waals surface area contributed by atoms with Crippen molar-refractivity contribution in [3.8, 4) is 0 Å². The summed E-state index contributed by atoms with van der Waals surface area (Å²) in [5.41, 5.74) is 3.94. The smallest absolute Gasteiger partial charge is 0.272 e. The molecule has 3 rings (SSSR count). The van der Waals surface area contributed by atoms with Crippen molar-refractivity contribution in [1.29, 1.82) is 0 Å². The van der Waals surface area contributed by atoms with E-state index in [1.165, 1.54) is 12.1 Å². The van der Waals surface area contributed by atoms with Crippen molar-refractivity contribution >= 4 is 11.6 Å². The Labute approximate surface area is 157 Å². The molecule has 0 radical (unpaired) electrons. The summed E-state index contributed by atoms with van der Waals surface area (Å²) in [5, 5.41) is 14.0. The summed E-state index contributed by atoms with van der Waals surface area (Å²) in [6, 6.07) is 21.8. The number of nitro benzene ring substituents is 1. The van der Waals surface area contributed by atoms with Crippen molar-refractivity contribution in [3.63, 3.8) is 0 Å². The Morgan fingerprint density at radius 1 is 0.926 bits per heavy atom. The highest BCUT2D eigenvalue weighted by atomic mass is 16.6. The average Bonchev–Trinajstić information content (AvgIpc) is 2.67. The van der Waals surface area contributed by atoms with Gasteiger partial charge in [0.1, 0.15) is 0 Å². The number of rotatable bonds is 5. The van der Waals surface area contributed by atoms with Crippen LogP contribution in [0.5, 0.6) is 0 Å². The lowest BCUT2D eigenvalue weighted by Crippen LogP contribution is -2.29. The van der Waals surface area contributed by atoms with E-state index in [0.717, 1.165) is 16.7 Å². The van der Waals surface area contributed by atoms with E-state index in [-0.39, 0.29) is 17.6 Å². The number of nitro groups is 1. The Balaban J connectivity index is 1.92. The molecule has 3 aromatic carbocycles. The van der Waals surface area contributed by atoms with Gasteiger partial charge in [-0.1, -0.05) is 60.2 Å². The van der Waals surface area contributed by atoms with Crippen LogP contribution in [0, 0.1) is 24.0 Å². The third-order valence-electron chi connectivity index (χ3n) is 4.47. The van der Waals surface area contributed by atoms with Gasteiger partial charge in [0.05, 0.1) is 11.0 Å². The molecule has 0 spiro atoms. The van der Waals surface area contributed by atoms with Crippen LogP contribution in [0.3, 0.4) is 0 Å². The average molecular weight is 360 g/mol. The molecule has 0 saturated carbocycles. The van der Waals surface area contributed by atoms with Gasteiger partial charge in [0, 0.05) is 17.2 Å². The number of hydrogen-bond acceptors (Lipinski definition) is 3. The maximum Gasteiger partial charge on any atom is 0.272 e. The van der Waals surface area contributed by atoms with Gasteiger partial charge >= 0.3 is 0 Å². The minimum Gasteiger partial charge on any atom is -0.341 e. The summed E-state index contributed by atoms with van der Waals surface area (Å²) < 4.78 is 0. The van der Waals surface area contributed by atoms with Crippen LogP contribution in [0.1, 0.15) is 38.7 Å². The fourth-order valence-corrected chi connectivity index (χ4v) is 2.98. The molecular weight excluding hydrogens is 340 g/mol. The van der Waals surface area contributed by atoms with Crippen LogP contribution in [0.2, 0.25) is 0 Å². The molecule has 5 nitrogen and oxygen atoms in total. The monoisotopic (exact) mass is 360 g/mol. The van der Waals surface area contributed by atoms with Gasteiger partial charge in [0.15, 0.2) is 0 Å². The van der Waals surface area contributed by atoms with Gasteiger partial charge < -0.3 is 5.32 Å². The van der Waals surface area contributed by atoms with Crippen molar-refractivity contribution < 1.29 is 9.72 Å². The molecule has 1 atom stereocenters. The number of aryl methyl sites for hydroxylation is 2. The van der Waals surface area contributed by atoms with Crippen molar-refractivity contribution in [2.24, 2.45) is 0 Å². The van der Waals surface area contributed by atoms with E-state index in [1.54, 1.807) is 13.0 Å². The number of carbonyl (C=O) groups is 1. The summed E-state index contributed by atoms with van der Waals surface area (Å²) in [5.74, 6) is -0.276. The van der Waals surface area contributed by atoms with Gasteiger partial charge in [0.2, 0.25) is 0 Å². The van der Waals surface area contributed by atoms with Gasteiger partial charge in [-0.15, -0.1) is 0 Å². The molecule has 0 bridgehead atoms. The molecule has 3 aromatic rings. The van der Waals surface area contributed by atoms with Crippen molar-refractivity contribution in [2.45, 2.75) is 19.9 Å². The van der Waals surface area contributed by atoms with E-state index in [4.69, 9.17) is 0 Å². The van der Waals surface area contributed by atoms with Gasteiger partial charge in [-0.2, -0.15) is 0 Å². The fourth-order valence-electron chi connectivity index (χ4n) is 2.98. The van der Waals surface area contributed by atoms with Gasteiger partial charge in [-0.3, -0.25) is 14.9 Å². The summed E-state index contributed by atoms with van der Waals surface area (Å²) in [7, 11) is 0. The molecule has 27 heavy (non-hydrogen) atoms. The molecule has 0 aliphatic carbocycles. The van der Waals surface area contributed by atoms with Crippen LogP contribution in [-0.4, -0.2) is 10.8 Å². The van der Waals surface area contributed by atoms with Gasteiger partial charge in [0.25, 0.3) is 11.6 Å². The van der Waals surface area contributed by atoms with E-state index < -0.39 is 4.92 Å². The summed E-state index contributed by atoms with van der Waals surface area (Å²) in [6.07, 6.45) is 0. The number of amides is 1. The quantitative estimate of drug-likeness (QED) is 0.528. The normalized spacial score (nSPS) is 11.6. The maximum atomic E-state index is 12.8. The molecule has 0 saturated heterocycles. The Kier molecular flexibility index (Phi) is 5.31. The third kappa shape index (κ3) is 4.20. The van der Waals surface area contributed by atoms with E-state index >= 15 is 0 Å². The first-order chi connectivity index (χ1) is 13.0. The second-order valence-electron chi connectivity index (χ2n) is 6.49. The Morgan fingerprint density at radius 2 is 1.56 bits per heavy atom. The minimum absolute atomic E-state index is 0.00435. The predicted molar refractivity (Wildman–Crippen MR) is 105 cm³/mol. The molecule has 0 aromatic heterocycles. The van der Waals surface area contributed by atoms with E-state index in [1.807, 2.05) is 61.5 Å². The van der Waals surface area contributed by atoms with Crippen molar-refractivity contribution in [1.82, 2.24) is 5.32 Å². The SMILES string of the molecule is Cc1ccc([C@@H](NC(=O)c2ccc([N+](=O)[O-])c(C)c2)c2ccccc2)cc1. The molecule has 0 aliphatic rings. The zero-order chi connectivity index (χ0) is 19.4. The molecular formula is C22H20N2O3. The maximum absolute atomic E-state index is 12.8. The molecule has 136 valence electrons. The number of nitrogens with one attached hydrogen (secondary N) is 1. The van der Waals surface area contributed by atoms with Gasteiger partial charge in [-0.25, -0.2) is 0 Å². The van der Waals surface area contributed by atoms with Crippen LogP contribution < -0.4 is 5.32 Å². The molecule has 0 aliphatic heterocycles. The largest absolute Gasteiger partial charge is 0.341 e. The molecule has 1 amide bonds. The van der Waals surface area contributed by atoms with Crippen LogP contribution in [0.15, 0.2) is 72.8 Å². The lowest BCUT2D eigenvalue weighted by Gasteiger charge is -2.20. The van der Waals surface area contributed by atoms with E-state index in [9.17, 15) is 14.9 Å². The first-order valence-corrected chi connectivity index (χ1v) is 8.63. The summed E-state index contributed by atoms with van der Waals surface area (Å²) in [6.45, 7) is 3.64. The zero-order valence-electron chi connectivity index (χ0n) is 15.2. The highest BCUT2D eigenvalue weighted by molar-refractivity contribution is 5.95. The van der Waals surface area contributed by atoms with Crippen LogP contribution in [0.25, 0.3) is 0 Å². The van der Waals surface area contributed by atoms with Crippen molar-refractivity contribution in [2.75, 3.05) is 0 Å². The fraction of sp³-hybridized carbons (Fsp3) is 0.136. The van der Waals surface area contributed by atoms with Crippen molar-refractivity contribution in [3.05, 3.63) is 111 Å². The number of hydrogen-bond donors (Lipinski definition) is 1. The Morgan fingerprint density at radius 3 is 2.15 bits per heavy atom. The molecule has 0 heterocycles. The molecule has 0 fully saturated rings. The lowest BCUT2D eigenvalue weighted by atomic mass is 9.97. The molecule has 1 N–H and O–H groups in total. The molecule has 5 heteroatoms. The van der Waals surface area contributed by atoms with E-state index in [0.29, 0.717) is 11.1 Å². The highest BCUT2D eigenvalue weighted by Crippen LogP contribution is 2.24. The lowest BCUT2D eigenvalue weighted by molar-refractivity contribution is -0.385. The summed E-state index contributed by atoms with van der Waals surface area (Å²) in [4.78, 5) is 23.4. The van der Waals surface area contributed by atoms with Crippen LogP contribution in [-0.2, 0) is 0 Å². The van der Waals surface area contributed by atoms with Crippen LogP contribution in [0.4, 0.5) is 5.69 Å². The molecule has 0 unspecified atom stereocenters. The first-order valence-electron chi connectivity index (χ1n) is 8.63. The number of benzene rings is 3. The third-order valence-corrected chi connectivity index (χ3v) is 4.47. The minimum atomic E-state index is -0.448. The first kappa shape index (κ1) is 18.3. The standard InChI is InChI=1S/C22H20N2O3/c1-15-8-10-18(11-9-15)21(17-6-4-3-5-7-17)23-22(25)19-12-13-20(24(26)27)16(2)14-19/h3-14,21H,1-2H3,(H,23,25)/t21-/m0/s1. The highest BCUT2D eigenvalue weighted by Gasteiger charge is 2.19. The second kappa shape index (κ2) is 7.83. The zero-order valence-corrected chi connectivity index (χ0v) is 15.2. The Bertz CT molecular complexity index is 967. The second-order valence-corrected chi connectivity index (χ2v) is 6.49. The predicted octanol–water partition coefficient (Wildman–Crippen LogP) is 4.73. The Hall–Kier alpha value is -3.47. The summed E-state index contributed by atoms with van der Waals surface area (Å²) >= 11 is 0. The number of carbonyl (C=O) groups excluding carboxylic acids is 1.